The Kier molecular flexibility index (Phi) is 9.52. The standard InChI is InChI=1S/C38H38N2O3/c1-4-6-8-11-27-16-20-30(21-17-27)36-34(28-12-9-7-10-13-28)33(29-18-14-26(3)15-19-29)35(38(42)40-36)37(41)39-31-22-24-32(25-23-31)43-5-2/h7,9-10,12-25H,4-6,8,11H2,1-3H3,(H,39,41)(H,40,42). The highest BCUT2D eigenvalue weighted by molar-refractivity contribution is 6.12. The summed E-state index contributed by atoms with van der Waals surface area (Å²) in [4.78, 5) is 31.0. The van der Waals surface area contributed by atoms with Gasteiger partial charge in [-0.05, 0) is 73.2 Å². The van der Waals surface area contributed by atoms with Gasteiger partial charge in [-0.25, -0.2) is 0 Å². The van der Waals surface area contributed by atoms with Gasteiger partial charge in [0.25, 0.3) is 11.5 Å². The average Bonchev–Trinajstić information content (AvgIpc) is 3.03. The van der Waals surface area contributed by atoms with Crippen molar-refractivity contribution in [2.24, 2.45) is 0 Å². The molecule has 0 unspecified atom stereocenters. The highest BCUT2D eigenvalue weighted by atomic mass is 16.5. The highest BCUT2D eigenvalue weighted by Crippen LogP contribution is 2.40. The van der Waals surface area contributed by atoms with Crippen molar-refractivity contribution in [3.8, 4) is 39.3 Å². The van der Waals surface area contributed by atoms with E-state index in [0.29, 0.717) is 29.3 Å². The number of aromatic amines is 1. The first-order chi connectivity index (χ1) is 21.0. The number of rotatable bonds is 11. The van der Waals surface area contributed by atoms with E-state index in [1.807, 2.05) is 68.4 Å². The lowest BCUT2D eigenvalue weighted by Gasteiger charge is -2.20. The van der Waals surface area contributed by atoms with Gasteiger partial charge in [0.05, 0.1) is 12.3 Å². The largest absolute Gasteiger partial charge is 0.494 e. The van der Waals surface area contributed by atoms with Crippen LogP contribution in [0, 0.1) is 6.92 Å². The van der Waals surface area contributed by atoms with Crippen LogP contribution in [0.4, 0.5) is 5.69 Å². The van der Waals surface area contributed by atoms with Gasteiger partial charge in [-0.1, -0.05) is 104 Å². The minimum atomic E-state index is -0.476. The molecule has 0 radical (unpaired) electrons. The molecule has 0 bridgehead atoms. The molecule has 0 aliphatic carbocycles. The zero-order chi connectivity index (χ0) is 30.2. The predicted molar refractivity (Wildman–Crippen MR) is 177 cm³/mol. The van der Waals surface area contributed by atoms with E-state index in [9.17, 15) is 9.59 Å². The zero-order valence-electron chi connectivity index (χ0n) is 25.1. The van der Waals surface area contributed by atoms with E-state index in [1.165, 1.54) is 18.4 Å². The molecule has 0 aliphatic rings. The fourth-order valence-corrected chi connectivity index (χ4v) is 5.35. The molecule has 43 heavy (non-hydrogen) atoms. The second kappa shape index (κ2) is 13.8. The number of pyridine rings is 1. The highest BCUT2D eigenvalue weighted by Gasteiger charge is 2.26. The summed E-state index contributed by atoms with van der Waals surface area (Å²) in [6.45, 7) is 6.70. The zero-order valence-corrected chi connectivity index (χ0v) is 25.1. The summed E-state index contributed by atoms with van der Waals surface area (Å²) in [7, 11) is 0. The van der Waals surface area contributed by atoms with Crippen LogP contribution in [0.25, 0.3) is 33.5 Å². The summed E-state index contributed by atoms with van der Waals surface area (Å²) in [5, 5.41) is 2.95. The Hall–Kier alpha value is -4.90. The Morgan fingerprint density at radius 3 is 2.05 bits per heavy atom. The molecule has 218 valence electrons. The Bertz CT molecular complexity index is 1720. The minimum Gasteiger partial charge on any atom is -0.494 e. The van der Waals surface area contributed by atoms with Crippen molar-refractivity contribution in [3.63, 3.8) is 0 Å². The number of aromatic nitrogens is 1. The van der Waals surface area contributed by atoms with Crippen LogP contribution < -0.4 is 15.6 Å². The van der Waals surface area contributed by atoms with Gasteiger partial charge in [0.2, 0.25) is 0 Å². The number of carbonyl (C=O) groups is 1. The number of hydrogen-bond acceptors (Lipinski definition) is 3. The monoisotopic (exact) mass is 570 g/mol. The van der Waals surface area contributed by atoms with Gasteiger partial charge < -0.3 is 15.0 Å². The second-order valence-electron chi connectivity index (χ2n) is 10.8. The first kappa shape index (κ1) is 29.6. The number of unbranched alkanes of at least 4 members (excludes halogenated alkanes) is 2. The Morgan fingerprint density at radius 2 is 1.40 bits per heavy atom. The molecule has 2 N–H and O–H groups in total. The summed E-state index contributed by atoms with van der Waals surface area (Å²) in [5.41, 5.74) is 7.24. The van der Waals surface area contributed by atoms with Gasteiger partial charge in [0, 0.05) is 16.8 Å². The molecule has 0 atom stereocenters. The van der Waals surface area contributed by atoms with Crippen molar-refractivity contribution < 1.29 is 9.53 Å². The lowest BCUT2D eigenvalue weighted by molar-refractivity contribution is 0.102. The topological polar surface area (TPSA) is 71.2 Å². The number of amides is 1. The predicted octanol–water partition coefficient (Wildman–Crippen LogP) is 9.07. The number of carbonyl (C=O) groups excluding carboxylic acids is 1. The normalized spacial score (nSPS) is 10.9. The average molecular weight is 571 g/mol. The van der Waals surface area contributed by atoms with Crippen LogP contribution in [0.5, 0.6) is 5.75 Å². The van der Waals surface area contributed by atoms with Gasteiger partial charge in [-0.3, -0.25) is 9.59 Å². The minimum absolute atomic E-state index is 0.0662. The third kappa shape index (κ3) is 6.95. The lowest BCUT2D eigenvalue weighted by Crippen LogP contribution is -2.26. The molecule has 0 aliphatic heterocycles. The molecule has 1 amide bonds. The molecule has 5 nitrogen and oxygen atoms in total. The van der Waals surface area contributed by atoms with Gasteiger partial charge >= 0.3 is 0 Å². The number of aryl methyl sites for hydroxylation is 2. The van der Waals surface area contributed by atoms with Gasteiger partial charge in [-0.15, -0.1) is 0 Å². The Balaban J connectivity index is 1.69. The van der Waals surface area contributed by atoms with Crippen molar-refractivity contribution in [1.82, 2.24) is 4.98 Å². The number of anilines is 1. The molecule has 1 aromatic heterocycles. The van der Waals surface area contributed by atoms with Crippen LogP contribution in [-0.2, 0) is 6.42 Å². The summed E-state index contributed by atoms with van der Waals surface area (Å²) in [6, 6.07) is 33.5. The van der Waals surface area contributed by atoms with Crippen LogP contribution in [0.3, 0.4) is 0 Å². The number of H-pyrrole nitrogens is 1. The van der Waals surface area contributed by atoms with E-state index >= 15 is 0 Å². The molecule has 0 saturated carbocycles. The van der Waals surface area contributed by atoms with E-state index in [-0.39, 0.29) is 5.56 Å². The second-order valence-corrected chi connectivity index (χ2v) is 10.8. The Morgan fingerprint density at radius 1 is 0.744 bits per heavy atom. The van der Waals surface area contributed by atoms with Gasteiger partial charge in [-0.2, -0.15) is 0 Å². The van der Waals surface area contributed by atoms with Crippen molar-refractivity contribution in [3.05, 3.63) is 130 Å². The molecular weight excluding hydrogens is 532 g/mol. The fourth-order valence-electron chi connectivity index (χ4n) is 5.35. The maximum absolute atomic E-state index is 13.9. The van der Waals surface area contributed by atoms with Gasteiger partial charge in [0.15, 0.2) is 0 Å². The smallest absolute Gasteiger partial charge is 0.261 e. The van der Waals surface area contributed by atoms with Crippen molar-refractivity contribution in [2.75, 3.05) is 11.9 Å². The van der Waals surface area contributed by atoms with E-state index in [0.717, 1.165) is 40.7 Å². The van der Waals surface area contributed by atoms with Crippen molar-refractivity contribution in [1.29, 1.82) is 0 Å². The van der Waals surface area contributed by atoms with Gasteiger partial charge in [0.1, 0.15) is 11.3 Å². The third-order valence-corrected chi connectivity index (χ3v) is 7.58. The fraction of sp³-hybridized carbons (Fsp3) is 0.211. The number of ether oxygens (including phenoxy) is 1. The lowest BCUT2D eigenvalue weighted by atomic mass is 9.87. The van der Waals surface area contributed by atoms with Crippen LogP contribution in [-0.4, -0.2) is 17.5 Å². The summed E-state index contributed by atoms with van der Waals surface area (Å²) in [6.07, 6.45) is 4.56. The third-order valence-electron chi connectivity index (χ3n) is 7.58. The molecule has 5 aromatic rings. The van der Waals surface area contributed by atoms with E-state index < -0.39 is 11.5 Å². The maximum atomic E-state index is 13.9. The van der Waals surface area contributed by atoms with Crippen LogP contribution >= 0.6 is 0 Å². The summed E-state index contributed by atoms with van der Waals surface area (Å²) in [5.74, 6) is 0.238. The Labute approximate surface area is 253 Å². The molecule has 5 rings (SSSR count). The molecular formula is C38H38N2O3. The van der Waals surface area contributed by atoms with E-state index in [1.54, 1.807) is 24.3 Å². The molecule has 4 aromatic carbocycles. The quantitative estimate of drug-likeness (QED) is 0.156. The maximum Gasteiger partial charge on any atom is 0.261 e. The van der Waals surface area contributed by atoms with Crippen molar-refractivity contribution >= 4 is 11.6 Å². The van der Waals surface area contributed by atoms with Crippen LogP contribution in [0.2, 0.25) is 0 Å². The summed E-state index contributed by atoms with van der Waals surface area (Å²) < 4.78 is 5.54. The number of benzene rings is 4. The molecule has 0 fully saturated rings. The summed E-state index contributed by atoms with van der Waals surface area (Å²) >= 11 is 0. The molecule has 1 heterocycles. The van der Waals surface area contributed by atoms with Crippen LogP contribution in [0.15, 0.2) is 108 Å². The number of hydrogen-bond donors (Lipinski definition) is 2. The first-order valence-electron chi connectivity index (χ1n) is 15.0. The first-order valence-corrected chi connectivity index (χ1v) is 15.0. The van der Waals surface area contributed by atoms with E-state index in [4.69, 9.17) is 4.74 Å². The van der Waals surface area contributed by atoms with E-state index in [2.05, 4.69) is 41.5 Å². The van der Waals surface area contributed by atoms with Crippen LogP contribution in [0.1, 0.15) is 54.6 Å². The molecule has 0 spiro atoms. The molecule has 0 saturated heterocycles. The van der Waals surface area contributed by atoms with Crippen molar-refractivity contribution in [2.45, 2.75) is 46.5 Å². The molecule has 5 heteroatoms. The SMILES string of the molecule is CCCCCc1ccc(-c2[nH]c(=O)c(C(=O)Nc3ccc(OCC)cc3)c(-c3ccc(C)cc3)c2-c2ccccc2)cc1. The number of nitrogens with one attached hydrogen (secondary N) is 2.